The molecule has 0 radical (unpaired) electrons. The zero-order chi connectivity index (χ0) is 12.3. The highest BCUT2D eigenvalue weighted by Gasteiger charge is 2.30. The molecule has 17 heavy (non-hydrogen) atoms. The van der Waals surface area contributed by atoms with Crippen molar-refractivity contribution in [2.75, 3.05) is 0 Å². The maximum absolute atomic E-state index is 13.1. The highest BCUT2D eigenvalue weighted by molar-refractivity contribution is 5.17. The van der Waals surface area contributed by atoms with Crippen molar-refractivity contribution < 1.29 is 4.39 Å². The lowest BCUT2D eigenvalue weighted by molar-refractivity contribution is 0.297. The van der Waals surface area contributed by atoms with Gasteiger partial charge in [0, 0.05) is 6.04 Å². The van der Waals surface area contributed by atoms with Gasteiger partial charge in [0.25, 0.3) is 0 Å². The van der Waals surface area contributed by atoms with Crippen molar-refractivity contribution >= 4 is 0 Å². The summed E-state index contributed by atoms with van der Waals surface area (Å²) in [7, 11) is 0. The van der Waals surface area contributed by atoms with Gasteiger partial charge in [0.15, 0.2) is 0 Å². The number of rotatable bonds is 4. The number of nitrogens with one attached hydrogen (secondary N) is 1. The van der Waals surface area contributed by atoms with Gasteiger partial charge in [-0.3, -0.25) is 11.3 Å². The molecule has 0 aliphatic heterocycles. The Labute approximate surface area is 102 Å². The summed E-state index contributed by atoms with van der Waals surface area (Å²) in [5, 5.41) is 0. The minimum absolute atomic E-state index is 0.169. The molecule has 0 spiro atoms. The van der Waals surface area contributed by atoms with Crippen LogP contribution in [0.2, 0.25) is 0 Å². The summed E-state index contributed by atoms with van der Waals surface area (Å²) in [5.41, 5.74) is 3.94. The number of benzene rings is 1. The first-order chi connectivity index (χ1) is 8.20. The van der Waals surface area contributed by atoms with Crippen LogP contribution >= 0.6 is 0 Å². The number of hydrogen-bond acceptors (Lipinski definition) is 2. The Bertz CT molecular complexity index is 367. The third-order valence-electron chi connectivity index (χ3n) is 4.00. The normalized spacial score (nSPS) is 26.1. The van der Waals surface area contributed by atoms with Gasteiger partial charge >= 0.3 is 0 Å². The van der Waals surface area contributed by atoms with E-state index in [1.807, 2.05) is 6.07 Å². The van der Waals surface area contributed by atoms with Crippen LogP contribution in [0.4, 0.5) is 4.39 Å². The molecule has 2 nitrogen and oxygen atoms in total. The lowest BCUT2D eigenvalue weighted by Crippen LogP contribution is -2.43. The van der Waals surface area contributed by atoms with Gasteiger partial charge < -0.3 is 0 Å². The maximum atomic E-state index is 13.1. The summed E-state index contributed by atoms with van der Waals surface area (Å²) < 4.78 is 13.1. The minimum atomic E-state index is -0.169. The molecule has 1 saturated carbocycles. The van der Waals surface area contributed by atoms with Gasteiger partial charge in [-0.2, -0.15) is 0 Å². The highest BCUT2D eigenvalue weighted by atomic mass is 19.1. The summed E-state index contributed by atoms with van der Waals surface area (Å²) in [5.74, 6) is 6.81. The third-order valence-corrected chi connectivity index (χ3v) is 4.00. The number of hydrogen-bond donors (Lipinski definition) is 2. The Morgan fingerprint density at radius 3 is 2.88 bits per heavy atom. The minimum Gasteiger partial charge on any atom is -0.271 e. The molecule has 0 bridgehead atoms. The zero-order valence-corrected chi connectivity index (χ0v) is 10.3. The van der Waals surface area contributed by atoms with E-state index in [0.717, 1.165) is 12.0 Å². The lowest BCUT2D eigenvalue weighted by Gasteiger charge is -2.26. The van der Waals surface area contributed by atoms with Crippen LogP contribution in [0, 0.1) is 17.7 Å². The molecular formula is C14H21FN2. The Morgan fingerprint density at radius 2 is 2.29 bits per heavy atom. The Kier molecular flexibility index (Phi) is 4.13. The molecular weight excluding hydrogens is 215 g/mol. The van der Waals surface area contributed by atoms with Crippen molar-refractivity contribution in [1.82, 2.24) is 5.43 Å². The molecule has 0 amide bonds. The Balaban J connectivity index is 2.04. The number of halogens is 1. The standard InChI is InChI=1S/C14H21FN2/c1-10-4-2-7-13(10)14(17-16)9-11-5-3-6-12(15)8-11/h3,5-6,8,10,13-14,17H,2,4,7,9,16H2,1H3. The topological polar surface area (TPSA) is 38.0 Å². The first kappa shape index (κ1) is 12.5. The first-order valence-corrected chi connectivity index (χ1v) is 6.41. The monoisotopic (exact) mass is 236 g/mol. The summed E-state index contributed by atoms with van der Waals surface area (Å²) >= 11 is 0. The lowest BCUT2D eigenvalue weighted by atomic mass is 9.87. The largest absolute Gasteiger partial charge is 0.271 e. The van der Waals surface area contributed by atoms with Gasteiger partial charge in [-0.05, 0) is 42.4 Å². The molecule has 1 fully saturated rings. The van der Waals surface area contributed by atoms with Gasteiger partial charge in [-0.15, -0.1) is 0 Å². The molecule has 0 saturated heterocycles. The molecule has 1 aliphatic rings. The predicted octanol–water partition coefficient (Wildman–Crippen LogP) is 2.64. The van der Waals surface area contributed by atoms with Crippen LogP contribution in [0.1, 0.15) is 31.7 Å². The SMILES string of the molecule is CC1CCCC1C(Cc1cccc(F)c1)NN. The van der Waals surface area contributed by atoms with E-state index in [-0.39, 0.29) is 11.9 Å². The molecule has 3 heteroatoms. The van der Waals surface area contributed by atoms with E-state index in [9.17, 15) is 4.39 Å². The van der Waals surface area contributed by atoms with E-state index in [1.165, 1.54) is 25.3 Å². The Morgan fingerprint density at radius 1 is 1.47 bits per heavy atom. The van der Waals surface area contributed by atoms with Crippen LogP contribution in [0.25, 0.3) is 0 Å². The van der Waals surface area contributed by atoms with Crippen molar-refractivity contribution in [2.45, 2.75) is 38.6 Å². The van der Waals surface area contributed by atoms with Crippen molar-refractivity contribution in [3.05, 3.63) is 35.6 Å². The summed E-state index contributed by atoms with van der Waals surface area (Å²) in [4.78, 5) is 0. The maximum Gasteiger partial charge on any atom is 0.123 e. The smallest absolute Gasteiger partial charge is 0.123 e. The second kappa shape index (κ2) is 5.61. The summed E-state index contributed by atoms with van der Waals surface area (Å²) in [6.07, 6.45) is 4.60. The van der Waals surface area contributed by atoms with E-state index in [1.54, 1.807) is 12.1 Å². The molecule has 1 aliphatic carbocycles. The predicted molar refractivity (Wildman–Crippen MR) is 67.7 cm³/mol. The fraction of sp³-hybridized carbons (Fsp3) is 0.571. The van der Waals surface area contributed by atoms with Gasteiger partial charge in [0.2, 0.25) is 0 Å². The molecule has 3 atom stereocenters. The molecule has 1 aromatic carbocycles. The van der Waals surface area contributed by atoms with Crippen LogP contribution in [0.15, 0.2) is 24.3 Å². The van der Waals surface area contributed by atoms with Crippen LogP contribution in [-0.2, 0) is 6.42 Å². The zero-order valence-electron chi connectivity index (χ0n) is 10.3. The fourth-order valence-electron chi connectivity index (χ4n) is 3.02. The van der Waals surface area contributed by atoms with Crippen LogP contribution in [0.5, 0.6) is 0 Å². The molecule has 2 rings (SSSR count). The Hall–Kier alpha value is -0.930. The molecule has 1 aromatic rings. The summed E-state index contributed by atoms with van der Waals surface area (Å²) in [6, 6.07) is 7.06. The quantitative estimate of drug-likeness (QED) is 0.623. The van der Waals surface area contributed by atoms with Crippen molar-refractivity contribution in [3.8, 4) is 0 Å². The van der Waals surface area contributed by atoms with Gasteiger partial charge in [0.05, 0.1) is 0 Å². The number of nitrogens with two attached hydrogens (primary N) is 1. The van der Waals surface area contributed by atoms with Crippen molar-refractivity contribution in [2.24, 2.45) is 17.7 Å². The average Bonchev–Trinajstić information content (AvgIpc) is 2.72. The second-order valence-electron chi connectivity index (χ2n) is 5.18. The molecule has 0 heterocycles. The fourth-order valence-corrected chi connectivity index (χ4v) is 3.02. The summed E-state index contributed by atoms with van der Waals surface area (Å²) in [6.45, 7) is 2.29. The molecule has 0 aromatic heterocycles. The molecule has 94 valence electrons. The van der Waals surface area contributed by atoms with Crippen LogP contribution in [-0.4, -0.2) is 6.04 Å². The number of hydrazine groups is 1. The van der Waals surface area contributed by atoms with Crippen LogP contribution < -0.4 is 11.3 Å². The average molecular weight is 236 g/mol. The second-order valence-corrected chi connectivity index (χ2v) is 5.18. The van der Waals surface area contributed by atoms with Gasteiger partial charge in [0.1, 0.15) is 5.82 Å². The third kappa shape index (κ3) is 3.05. The molecule has 3 unspecified atom stereocenters. The van der Waals surface area contributed by atoms with Gasteiger partial charge in [-0.25, -0.2) is 4.39 Å². The van der Waals surface area contributed by atoms with Gasteiger partial charge in [-0.1, -0.05) is 31.9 Å². The van der Waals surface area contributed by atoms with E-state index < -0.39 is 0 Å². The van der Waals surface area contributed by atoms with Crippen molar-refractivity contribution in [1.29, 1.82) is 0 Å². The van der Waals surface area contributed by atoms with Crippen LogP contribution in [0.3, 0.4) is 0 Å². The van der Waals surface area contributed by atoms with E-state index in [4.69, 9.17) is 5.84 Å². The van der Waals surface area contributed by atoms with E-state index in [2.05, 4.69) is 12.3 Å². The van der Waals surface area contributed by atoms with E-state index in [0.29, 0.717) is 11.8 Å². The molecule has 3 N–H and O–H groups in total. The first-order valence-electron chi connectivity index (χ1n) is 6.41. The van der Waals surface area contributed by atoms with E-state index >= 15 is 0 Å². The highest BCUT2D eigenvalue weighted by Crippen LogP contribution is 2.34. The van der Waals surface area contributed by atoms with Crippen molar-refractivity contribution in [3.63, 3.8) is 0 Å².